The molecule has 1 aliphatic rings. The summed E-state index contributed by atoms with van der Waals surface area (Å²) < 4.78 is 12.8. The minimum atomic E-state index is -0.155. The molecule has 0 aromatic heterocycles. The predicted octanol–water partition coefficient (Wildman–Crippen LogP) is 2.60. The zero-order valence-corrected chi connectivity index (χ0v) is 8.76. The first-order valence-electron chi connectivity index (χ1n) is 5.10. The normalized spacial score (nSPS) is 28.2. The molecule has 0 amide bonds. The van der Waals surface area contributed by atoms with Gasteiger partial charge in [-0.05, 0) is 31.2 Å². The van der Waals surface area contributed by atoms with E-state index in [9.17, 15) is 4.39 Å². The second-order valence-corrected chi connectivity index (χ2v) is 4.31. The van der Waals surface area contributed by atoms with Gasteiger partial charge in [0.2, 0.25) is 0 Å². The summed E-state index contributed by atoms with van der Waals surface area (Å²) in [5.41, 5.74) is 1.33. The molecular weight excluding hydrogens is 177 g/mol. The third kappa shape index (κ3) is 1.44. The summed E-state index contributed by atoms with van der Waals surface area (Å²) in [7, 11) is 2.14. The summed E-state index contributed by atoms with van der Waals surface area (Å²) in [4.78, 5) is 2.35. The molecule has 1 aliphatic heterocycles. The van der Waals surface area contributed by atoms with Crippen molar-refractivity contribution < 1.29 is 4.39 Å². The summed E-state index contributed by atoms with van der Waals surface area (Å²) >= 11 is 0. The van der Waals surface area contributed by atoms with E-state index in [1.165, 1.54) is 12.0 Å². The minimum Gasteiger partial charge on any atom is -0.207 e. The number of hydrogen-bond donors (Lipinski definition) is 0. The molecule has 75 valence electrons. The lowest BCUT2D eigenvalue weighted by Gasteiger charge is -2.23. The zero-order chi connectivity index (χ0) is 10.2. The van der Waals surface area contributed by atoms with Crippen molar-refractivity contribution >= 4 is 0 Å². The standard InChI is InChI=1S/C12H16FN/c1-12(8-3-9-14(12)2)10-4-6-11(13)7-5-10/h4-7H,3,8-9H2,1-2H3/q+1. The summed E-state index contributed by atoms with van der Waals surface area (Å²) in [6, 6.07) is 6.90. The molecule has 1 aromatic rings. The van der Waals surface area contributed by atoms with E-state index in [4.69, 9.17) is 0 Å². The molecule has 1 nitrogen and oxygen atoms in total. The quantitative estimate of drug-likeness (QED) is 0.605. The Bertz CT molecular complexity index is 320. The van der Waals surface area contributed by atoms with Gasteiger partial charge in [0.1, 0.15) is 19.4 Å². The van der Waals surface area contributed by atoms with Gasteiger partial charge >= 0.3 is 0 Å². The average molecular weight is 193 g/mol. The fourth-order valence-corrected chi connectivity index (χ4v) is 2.27. The monoisotopic (exact) mass is 193 g/mol. The number of nitrogens with zero attached hydrogens (tertiary/aromatic N) is 1. The Morgan fingerprint density at radius 3 is 2.43 bits per heavy atom. The van der Waals surface area contributed by atoms with Crippen LogP contribution in [-0.4, -0.2) is 13.6 Å². The Balaban J connectivity index is 2.34. The maximum absolute atomic E-state index is 12.8. The lowest BCUT2D eigenvalue weighted by Crippen LogP contribution is -2.40. The van der Waals surface area contributed by atoms with Crippen LogP contribution in [0, 0.1) is 5.82 Å². The largest absolute Gasteiger partial charge is 0.207 e. The van der Waals surface area contributed by atoms with Crippen LogP contribution in [0.4, 0.5) is 4.39 Å². The molecule has 1 saturated heterocycles. The number of halogens is 1. The van der Waals surface area contributed by atoms with Crippen LogP contribution in [0.2, 0.25) is 0 Å². The highest BCUT2D eigenvalue weighted by Crippen LogP contribution is 2.35. The molecule has 1 aromatic carbocycles. The van der Waals surface area contributed by atoms with Crippen LogP contribution < -0.4 is 4.90 Å². The third-order valence-corrected chi connectivity index (χ3v) is 3.47. The molecule has 0 bridgehead atoms. The first-order valence-corrected chi connectivity index (χ1v) is 5.10. The fraction of sp³-hybridized carbons (Fsp3) is 0.500. The van der Waals surface area contributed by atoms with Crippen LogP contribution in [0.25, 0.3) is 0 Å². The number of benzene rings is 1. The van der Waals surface area contributed by atoms with Crippen molar-refractivity contribution in [1.29, 1.82) is 0 Å². The molecule has 1 radical (unpaired) electrons. The molecule has 0 N–H and O–H groups in total. The molecule has 1 heterocycles. The van der Waals surface area contributed by atoms with Gasteiger partial charge in [-0.1, -0.05) is 0 Å². The van der Waals surface area contributed by atoms with E-state index in [-0.39, 0.29) is 11.4 Å². The van der Waals surface area contributed by atoms with E-state index in [2.05, 4.69) is 18.9 Å². The highest BCUT2D eigenvalue weighted by atomic mass is 19.1. The smallest absolute Gasteiger partial charge is 0.165 e. The van der Waals surface area contributed by atoms with Gasteiger partial charge in [0.05, 0.1) is 0 Å². The molecule has 1 fully saturated rings. The van der Waals surface area contributed by atoms with Gasteiger partial charge in [0, 0.05) is 18.4 Å². The van der Waals surface area contributed by atoms with Crippen LogP contribution in [0.1, 0.15) is 25.3 Å². The summed E-state index contributed by atoms with van der Waals surface area (Å²) in [5, 5.41) is 0. The van der Waals surface area contributed by atoms with Gasteiger partial charge in [-0.3, -0.25) is 0 Å². The van der Waals surface area contributed by atoms with Gasteiger partial charge in [-0.15, -0.1) is 0 Å². The van der Waals surface area contributed by atoms with Gasteiger partial charge in [0.25, 0.3) is 0 Å². The van der Waals surface area contributed by atoms with Gasteiger partial charge in [0.15, 0.2) is 5.54 Å². The number of hydrogen-bond acceptors (Lipinski definition) is 1. The Morgan fingerprint density at radius 2 is 1.93 bits per heavy atom. The lowest BCUT2D eigenvalue weighted by molar-refractivity contribution is 0.307. The molecule has 0 spiro atoms. The zero-order valence-electron chi connectivity index (χ0n) is 8.76. The van der Waals surface area contributed by atoms with Gasteiger partial charge < -0.3 is 0 Å². The maximum Gasteiger partial charge on any atom is 0.165 e. The molecule has 1 unspecified atom stereocenters. The Labute approximate surface area is 84.5 Å². The first kappa shape index (κ1) is 9.66. The Kier molecular flexibility index (Phi) is 2.31. The van der Waals surface area contributed by atoms with Crippen LogP contribution in [-0.2, 0) is 5.54 Å². The minimum absolute atomic E-state index is 0.105. The van der Waals surface area contributed by atoms with Crippen LogP contribution >= 0.6 is 0 Å². The lowest BCUT2D eigenvalue weighted by atomic mass is 9.90. The van der Waals surface area contributed by atoms with E-state index in [1.54, 1.807) is 12.1 Å². The molecule has 1 atom stereocenters. The van der Waals surface area contributed by atoms with Crippen molar-refractivity contribution in [2.75, 3.05) is 13.6 Å². The average Bonchev–Trinajstić information content (AvgIpc) is 2.49. The Hall–Kier alpha value is -0.890. The summed E-state index contributed by atoms with van der Waals surface area (Å²) in [6.45, 7) is 3.36. The van der Waals surface area contributed by atoms with E-state index >= 15 is 0 Å². The molecular formula is C12H16FN+. The summed E-state index contributed by atoms with van der Waals surface area (Å²) in [5.74, 6) is -0.155. The van der Waals surface area contributed by atoms with Crippen molar-refractivity contribution in [3.8, 4) is 0 Å². The van der Waals surface area contributed by atoms with E-state index in [1.807, 2.05) is 12.1 Å². The molecule has 2 rings (SSSR count). The van der Waals surface area contributed by atoms with Crippen molar-refractivity contribution in [1.82, 2.24) is 4.90 Å². The number of rotatable bonds is 1. The Morgan fingerprint density at radius 1 is 1.29 bits per heavy atom. The third-order valence-electron chi connectivity index (χ3n) is 3.47. The van der Waals surface area contributed by atoms with E-state index < -0.39 is 0 Å². The molecule has 14 heavy (non-hydrogen) atoms. The number of likely N-dealkylation sites (tertiary alicyclic amines) is 1. The molecule has 2 heteroatoms. The first-order chi connectivity index (χ1) is 6.63. The molecule has 0 saturated carbocycles. The second-order valence-electron chi connectivity index (χ2n) is 4.31. The fourth-order valence-electron chi connectivity index (χ4n) is 2.27. The van der Waals surface area contributed by atoms with Crippen LogP contribution in [0.15, 0.2) is 24.3 Å². The van der Waals surface area contributed by atoms with Crippen LogP contribution in [0.3, 0.4) is 0 Å². The van der Waals surface area contributed by atoms with Crippen molar-refractivity contribution in [2.45, 2.75) is 25.3 Å². The highest BCUT2D eigenvalue weighted by Gasteiger charge is 2.44. The highest BCUT2D eigenvalue weighted by molar-refractivity contribution is 5.26. The topological polar surface area (TPSA) is 5.90 Å². The predicted molar refractivity (Wildman–Crippen MR) is 55.9 cm³/mol. The van der Waals surface area contributed by atoms with Crippen molar-refractivity contribution in [3.63, 3.8) is 0 Å². The van der Waals surface area contributed by atoms with Crippen molar-refractivity contribution in [2.24, 2.45) is 0 Å². The van der Waals surface area contributed by atoms with Gasteiger partial charge in [-0.25, -0.2) is 4.39 Å². The maximum atomic E-state index is 12.8. The van der Waals surface area contributed by atoms with Crippen molar-refractivity contribution in [3.05, 3.63) is 35.6 Å². The van der Waals surface area contributed by atoms with Crippen LogP contribution in [0.5, 0.6) is 0 Å². The second kappa shape index (κ2) is 3.35. The SMILES string of the molecule is C[N+]1CCCC1(C)c1ccc(F)cc1. The molecule has 0 aliphatic carbocycles. The van der Waals surface area contributed by atoms with Gasteiger partial charge in [-0.2, -0.15) is 4.90 Å². The summed E-state index contributed by atoms with van der Waals surface area (Å²) in [6.07, 6.45) is 2.39. The van der Waals surface area contributed by atoms with E-state index in [0.717, 1.165) is 13.0 Å². The van der Waals surface area contributed by atoms with E-state index in [0.29, 0.717) is 0 Å².